The maximum Gasteiger partial charge on any atom is 0.320 e. The number of aryl methyl sites for hydroxylation is 1. The van der Waals surface area contributed by atoms with Crippen LogP contribution in [0.5, 0.6) is 0 Å². The van der Waals surface area contributed by atoms with Gasteiger partial charge in [0.15, 0.2) is 5.82 Å². The van der Waals surface area contributed by atoms with E-state index in [-0.39, 0.29) is 0 Å². The number of nitrogens with zero attached hydrogens (tertiary/aromatic N) is 4. The van der Waals surface area contributed by atoms with E-state index >= 15 is 0 Å². The summed E-state index contributed by atoms with van der Waals surface area (Å²) in [5.41, 5.74) is 10.9. The van der Waals surface area contributed by atoms with Gasteiger partial charge >= 0.3 is 6.92 Å². The zero-order valence-corrected chi connectivity index (χ0v) is 15.2. The zero-order chi connectivity index (χ0) is 18.3. The number of nitrogen functional groups attached to an aromatic ring is 1. The summed E-state index contributed by atoms with van der Waals surface area (Å²) in [6.45, 7) is 3.11. The molecular weight excluding hydrogens is 345 g/mol. The van der Waals surface area contributed by atoms with Crippen molar-refractivity contribution in [1.29, 1.82) is 0 Å². The summed E-state index contributed by atoms with van der Waals surface area (Å²) in [5.74, 6) is 0.679. The quantitative estimate of drug-likeness (QED) is 0.544. The molecule has 3 N–H and O–H groups in total. The van der Waals surface area contributed by atoms with Crippen molar-refractivity contribution < 1.29 is 5.02 Å². The fraction of sp³-hybridized carbons (Fsp3) is 0.111. The van der Waals surface area contributed by atoms with Gasteiger partial charge in [-0.1, -0.05) is 31.1 Å². The highest BCUT2D eigenvalue weighted by molar-refractivity contribution is 7.05. The van der Waals surface area contributed by atoms with Crippen LogP contribution < -0.4 is 11.2 Å². The minimum atomic E-state index is -0.566. The standard InChI is InChI=1S/C18H16BN5OS/c1-10-22-18(24-26-10)13-6-4-12(19(2)25)8-15(13)11-3-5-14-16(20)9-21-23-17(14)7-11/h3-9,25H,1-2H3,(H2,20,23). The largest absolute Gasteiger partial charge is 0.447 e. The lowest BCUT2D eigenvalue weighted by molar-refractivity contribution is 0.594. The van der Waals surface area contributed by atoms with Gasteiger partial charge in [-0.15, -0.1) is 0 Å². The van der Waals surface area contributed by atoms with Gasteiger partial charge in [-0.2, -0.15) is 14.6 Å². The summed E-state index contributed by atoms with van der Waals surface area (Å²) in [5, 5.41) is 19.9. The van der Waals surface area contributed by atoms with E-state index in [0.29, 0.717) is 11.5 Å². The van der Waals surface area contributed by atoms with Gasteiger partial charge in [0.05, 0.1) is 17.4 Å². The number of nitrogens with two attached hydrogens (primary N) is 1. The first-order valence-electron chi connectivity index (χ1n) is 8.17. The molecule has 2 aromatic heterocycles. The monoisotopic (exact) mass is 361 g/mol. The van der Waals surface area contributed by atoms with Crippen molar-refractivity contribution in [1.82, 2.24) is 19.6 Å². The van der Waals surface area contributed by atoms with Crippen LogP contribution in [0.1, 0.15) is 5.01 Å². The SMILES string of the molecule is CB(O)c1ccc(-c2nsc(C)n2)c(-c2ccc3c(N)cnnc3c2)c1. The third kappa shape index (κ3) is 2.93. The molecule has 0 saturated carbocycles. The van der Waals surface area contributed by atoms with Crippen molar-refractivity contribution in [3.8, 4) is 22.5 Å². The number of anilines is 1. The molecule has 0 fully saturated rings. The van der Waals surface area contributed by atoms with Crippen LogP contribution in [0.3, 0.4) is 0 Å². The van der Waals surface area contributed by atoms with Gasteiger partial charge in [-0.25, -0.2) is 4.98 Å². The van der Waals surface area contributed by atoms with Gasteiger partial charge < -0.3 is 10.8 Å². The van der Waals surface area contributed by atoms with Crippen LogP contribution in [-0.4, -0.2) is 31.5 Å². The number of hydrogen-bond donors (Lipinski definition) is 2. The molecule has 0 bridgehead atoms. The molecule has 2 aromatic carbocycles. The molecule has 0 spiro atoms. The minimum absolute atomic E-state index is 0.566. The van der Waals surface area contributed by atoms with Crippen LogP contribution in [0.25, 0.3) is 33.4 Å². The lowest BCUT2D eigenvalue weighted by atomic mass is 9.63. The Balaban J connectivity index is 1.95. The lowest BCUT2D eigenvalue weighted by Crippen LogP contribution is -2.26. The normalized spacial score (nSPS) is 11.0. The van der Waals surface area contributed by atoms with Crippen LogP contribution in [0.4, 0.5) is 5.69 Å². The van der Waals surface area contributed by atoms with E-state index in [1.54, 1.807) is 13.0 Å². The van der Waals surface area contributed by atoms with E-state index < -0.39 is 6.92 Å². The first kappa shape index (κ1) is 16.6. The first-order chi connectivity index (χ1) is 12.5. The molecule has 8 heteroatoms. The maximum atomic E-state index is 10.0. The molecule has 0 atom stereocenters. The summed E-state index contributed by atoms with van der Waals surface area (Å²) < 4.78 is 4.44. The topological polar surface area (TPSA) is 97.8 Å². The van der Waals surface area contributed by atoms with Crippen LogP contribution in [0.15, 0.2) is 42.6 Å². The Kier molecular flexibility index (Phi) is 4.14. The van der Waals surface area contributed by atoms with Crippen molar-refractivity contribution in [2.75, 3.05) is 5.73 Å². The molecule has 0 unspecified atom stereocenters. The van der Waals surface area contributed by atoms with Crippen molar-refractivity contribution in [2.45, 2.75) is 13.7 Å². The second-order valence-corrected chi connectivity index (χ2v) is 7.11. The second-order valence-electron chi connectivity index (χ2n) is 6.15. The van der Waals surface area contributed by atoms with Gasteiger partial charge in [0.2, 0.25) is 0 Å². The number of benzene rings is 2. The highest BCUT2D eigenvalue weighted by Crippen LogP contribution is 2.32. The minimum Gasteiger partial charge on any atom is -0.447 e. The molecular formula is C18H16BN5OS. The van der Waals surface area contributed by atoms with Gasteiger partial charge in [0.25, 0.3) is 0 Å². The smallest absolute Gasteiger partial charge is 0.320 e. The third-order valence-corrected chi connectivity index (χ3v) is 4.90. The van der Waals surface area contributed by atoms with Crippen molar-refractivity contribution >= 4 is 40.5 Å². The maximum absolute atomic E-state index is 10.0. The fourth-order valence-corrected chi connectivity index (χ4v) is 3.40. The molecule has 0 saturated heterocycles. The Bertz CT molecular complexity index is 1110. The Labute approximate surface area is 155 Å². The summed E-state index contributed by atoms with van der Waals surface area (Å²) >= 11 is 1.37. The van der Waals surface area contributed by atoms with Gasteiger partial charge in [0.1, 0.15) is 5.01 Å². The fourth-order valence-electron chi connectivity index (χ4n) is 2.91. The molecule has 0 radical (unpaired) electrons. The number of rotatable bonds is 3. The van der Waals surface area contributed by atoms with Crippen LogP contribution >= 0.6 is 11.5 Å². The van der Waals surface area contributed by atoms with E-state index in [1.807, 2.05) is 43.3 Å². The zero-order valence-electron chi connectivity index (χ0n) is 14.3. The highest BCUT2D eigenvalue weighted by atomic mass is 32.1. The highest BCUT2D eigenvalue weighted by Gasteiger charge is 2.16. The molecule has 2 heterocycles. The number of fused-ring (bicyclic) bond motifs is 1. The lowest BCUT2D eigenvalue weighted by Gasteiger charge is -2.12. The van der Waals surface area contributed by atoms with E-state index in [1.165, 1.54) is 11.5 Å². The van der Waals surface area contributed by atoms with Crippen LogP contribution in [-0.2, 0) is 0 Å². The molecule has 0 aliphatic carbocycles. The van der Waals surface area contributed by atoms with Crippen molar-refractivity contribution in [2.24, 2.45) is 0 Å². The predicted octanol–water partition coefficient (Wildman–Crippen LogP) is 2.53. The molecule has 0 aliphatic rings. The van der Waals surface area contributed by atoms with Gasteiger partial charge in [-0.3, -0.25) is 0 Å². The summed E-state index contributed by atoms with van der Waals surface area (Å²) in [6.07, 6.45) is 1.55. The Morgan fingerprint density at radius 2 is 1.96 bits per heavy atom. The first-order valence-corrected chi connectivity index (χ1v) is 8.94. The molecule has 6 nitrogen and oxygen atoms in total. The average Bonchev–Trinajstić information content (AvgIpc) is 3.07. The van der Waals surface area contributed by atoms with Crippen molar-refractivity contribution in [3.05, 3.63) is 47.6 Å². The van der Waals surface area contributed by atoms with E-state index in [4.69, 9.17) is 5.73 Å². The average molecular weight is 361 g/mol. The Morgan fingerprint density at radius 1 is 1.12 bits per heavy atom. The summed E-state index contributed by atoms with van der Waals surface area (Å²) in [4.78, 5) is 4.51. The second kappa shape index (κ2) is 6.47. The molecule has 26 heavy (non-hydrogen) atoms. The van der Waals surface area contributed by atoms with Crippen molar-refractivity contribution in [3.63, 3.8) is 0 Å². The summed E-state index contributed by atoms with van der Waals surface area (Å²) in [6, 6.07) is 11.7. The predicted molar refractivity (Wildman–Crippen MR) is 106 cm³/mol. The van der Waals surface area contributed by atoms with Gasteiger partial charge in [-0.05, 0) is 47.2 Å². The Morgan fingerprint density at radius 3 is 2.69 bits per heavy atom. The molecule has 0 amide bonds. The van der Waals surface area contributed by atoms with E-state index in [2.05, 4.69) is 19.6 Å². The number of aromatic nitrogens is 4. The van der Waals surface area contributed by atoms with Gasteiger partial charge in [0, 0.05) is 10.9 Å². The summed E-state index contributed by atoms with van der Waals surface area (Å²) in [7, 11) is 0. The molecule has 4 aromatic rings. The van der Waals surface area contributed by atoms with E-state index in [9.17, 15) is 5.02 Å². The van der Waals surface area contributed by atoms with Crippen LogP contribution in [0, 0.1) is 6.92 Å². The molecule has 0 aliphatic heterocycles. The molecule has 128 valence electrons. The third-order valence-electron chi connectivity index (χ3n) is 4.28. The van der Waals surface area contributed by atoms with Crippen LogP contribution in [0.2, 0.25) is 6.82 Å². The number of hydrogen-bond acceptors (Lipinski definition) is 7. The molecule has 4 rings (SSSR count). The van der Waals surface area contributed by atoms with E-state index in [0.717, 1.165) is 38.1 Å². The Hall–Kier alpha value is -2.84.